The van der Waals surface area contributed by atoms with Crippen molar-refractivity contribution in [1.29, 1.82) is 0 Å². The molecule has 1 saturated carbocycles. The minimum atomic E-state index is -5.08. The molecule has 0 unspecified atom stereocenters. The molecule has 0 saturated heterocycles. The first-order valence-corrected chi connectivity index (χ1v) is 12.9. The third kappa shape index (κ3) is 6.70. The van der Waals surface area contributed by atoms with E-state index in [1.165, 1.54) is 0 Å². The van der Waals surface area contributed by atoms with Crippen LogP contribution in [-0.4, -0.2) is 28.2 Å². The minimum absolute atomic E-state index is 0.222. The van der Waals surface area contributed by atoms with Gasteiger partial charge in [-0.2, -0.15) is 13.2 Å². The van der Waals surface area contributed by atoms with Crippen molar-refractivity contribution in [2.75, 3.05) is 5.32 Å². The van der Waals surface area contributed by atoms with E-state index in [0.29, 0.717) is 30.3 Å². The highest BCUT2D eigenvalue weighted by Gasteiger charge is 2.67. The van der Waals surface area contributed by atoms with Crippen LogP contribution in [0.25, 0.3) is 0 Å². The molecular formula is C28H15Cl2F10NO3. The lowest BCUT2D eigenvalue weighted by atomic mass is 9.98. The molecule has 1 aliphatic carbocycles. The molecule has 0 heterocycles. The summed E-state index contributed by atoms with van der Waals surface area (Å²) in [6, 6.07) is 3.77. The summed E-state index contributed by atoms with van der Waals surface area (Å²) < 4.78 is 134. The molecule has 3 aromatic rings. The van der Waals surface area contributed by atoms with Gasteiger partial charge in [-0.15, -0.1) is 23.2 Å². The number of Topliss-reactive ketones (excluding diaryl/α,β-unsaturated/α-hetero) is 2. The van der Waals surface area contributed by atoms with Crippen LogP contribution in [-0.2, 0) is 28.6 Å². The monoisotopic (exact) mass is 673 g/mol. The Balaban J connectivity index is 1.56. The van der Waals surface area contributed by atoms with E-state index in [-0.39, 0.29) is 11.6 Å². The van der Waals surface area contributed by atoms with Gasteiger partial charge in [0.15, 0.2) is 17.4 Å². The van der Waals surface area contributed by atoms with Gasteiger partial charge in [0, 0.05) is 36.6 Å². The summed E-state index contributed by atoms with van der Waals surface area (Å²) in [5, 5.41) is 2.11. The maximum absolute atomic E-state index is 14.6. The quantitative estimate of drug-likeness (QED) is 0.144. The van der Waals surface area contributed by atoms with Crippen molar-refractivity contribution < 1.29 is 58.3 Å². The van der Waals surface area contributed by atoms with Crippen molar-refractivity contribution in [1.82, 2.24) is 0 Å². The number of alkyl halides is 7. The maximum atomic E-state index is 14.6. The van der Waals surface area contributed by atoms with E-state index in [9.17, 15) is 58.3 Å². The summed E-state index contributed by atoms with van der Waals surface area (Å²) in [6.07, 6.45) is -10.7. The van der Waals surface area contributed by atoms with Gasteiger partial charge in [0.05, 0.1) is 17.0 Å². The fourth-order valence-electron chi connectivity index (χ4n) is 4.55. The van der Waals surface area contributed by atoms with Crippen molar-refractivity contribution in [3.63, 3.8) is 0 Å². The highest BCUT2D eigenvalue weighted by Crippen LogP contribution is 2.65. The van der Waals surface area contributed by atoms with Gasteiger partial charge in [-0.25, -0.2) is 30.7 Å². The van der Waals surface area contributed by atoms with Crippen LogP contribution >= 0.6 is 23.2 Å². The molecule has 0 radical (unpaired) electrons. The number of amides is 1. The SMILES string of the molecule is O=C(Cc1cc(CC(=O)C(F)F)c(F)cc1F)c1cc(NC(=O)[C@H]2[C@H](c3ccc(F)c(C(F)(F)F)c3)C2(Cl)Cl)cc(F)c1F. The lowest BCUT2D eigenvalue weighted by molar-refractivity contribution is -0.140. The Morgan fingerprint density at radius 2 is 1.43 bits per heavy atom. The summed E-state index contributed by atoms with van der Waals surface area (Å²) in [4.78, 5) is 37.0. The maximum Gasteiger partial charge on any atom is 0.419 e. The molecule has 3 aromatic carbocycles. The molecule has 4 rings (SSSR count). The number of benzene rings is 3. The van der Waals surface area contributed by atoms with Gasteiger partial charge < -0.3 is 5.32 Å². The summed E-state index contributed by atoms with van der Waals surface area (Å²) in [5.74, 6) is -14.6. The summed E-state index contributed by atoms with van der Waals surface area (Å²) in [6.45, 7) is 0. The van der Waals surface area contributed by atoms with Gasteiger partial charge in [0.25, 0.3) is 6.43 Å². The number of halogens is 12. The Morgan fingerprint density at radius 1 is 0.818 bits per heavy atom. The summed E-state index contributed by atoms with van der Waals surface area (Å²) >= 11 is 12.2. The number of ketones is 2. The molecule has 1 fully saturated rings. The molecule has 1 N–H and O–H groups in total. The average Bonchev–Trinajstić information content (AvgIpc) is 3.49. The zero-order valence-electron chi connectivity index (χ0n) is 21.4. The number of hydrogen-bond donors (Lipinski definition) is 1. The largest absolute Gasteiger partial charge is 0.419 e. The Kier molecular flexibility index (Phi) is 9.09. The van der Waals surface area contributed by atoms with Crippen LogP contribution in [0.2, 0.25) is 0 Å². The van der Waals surface area contributed by atoms with Gasteiger partial charge in [-0.1, -0.05) is 6.07 Å². The highest BCUT2D eigenvalue weighted by molar-refractivity contribution is 6.53. The van der Waals surface area contributed by atoms with E-state index in [4.69, 9.17) is 23.2 Å². The number of carbonyl (C=O) groups is 3. The number of nitrogens with one attached hydrogen (secondary N) is 1. The smallest absolute Gasteiger partial charge is 0.326 e. The molecule has 4 nitrogen and oxygen atoms in total. The number of hydrogen-bond acceptors (Lipinski definition) is 3. The predicted octanol–water partition coefficient (Wildman–Crippen LogP) is 7.73. The fourth-order valence-corrected chi connectivity index (χ4v) is 5.38. The molecule has 1 amide bonds. The van der Waals surface area contributed by atoms with Crippen LogP contribution in [0, 0.1) is 35.0 Å². The van der Waals surface area contributed by atoms with Crippen LogP contribution in [0.5, 0.6) is 0 Å². The predicted molar refractivity (Wildman–Crippen MR) is 136 cm³/mol. The standard InChI is InChI=1S/C28H15Cl2F10NO3/c29-27(30)22(10-1-2-16(31)15(4-10)28(38,39)40)23(27)26(44)41-13-7-14(24(35)19(34)8-13)20(42)5-11-3-12(6-21(43)25(36)37)18(33)9-17(11)32/h1-4,7-9,22-23,25H,5-6H2,(H,41,44)/t22-,23+/m0/s1. The Labute approximate surface area is 250 Å². The van der Waals surface area contributed by atoms with Crippen molar-refractivity contribution in [2.45, 2.75) is 35.7 Å². The molecule has 0 aromatic heterocycles. The van der Waals surface area contributed by atoms with Crippen molar-refractivity contribution >= 4 is 46.4 Å². The second-order valence-corrected chi connectivity index (χ2v) is 11.2. The van der Waals surface area contributed by atoms with E-state index >= 15 is 0 Å². The number of anilines is 1. The zero-order valence-corrected chi connectivity index (χ0v) is 23.0. The Bertz CT molecular complexity index is 1680. The van der Waals surface area contributed by atoms with Crippen molar-refractivity contribution in [2.24, 2.45) is 5.92 Å². The first-order chi connectivity index (χ1) is 20.3. The Hall–Kier alpha value is -3.65. The molecule has 44 heavy (non-hydrogen) atoms. The van der Waals surface area contributed by atoms with E-state index < -0.39 is 116 Å². The summed E-state index contributed by atoms with van der Waals surface area (Å²) in [5.41, 5.74) is -4.79. The van der Waals surface area contributed by atoms with Crippen molar-refractivity contribution in [3.8, 4) is 0 Å². The van der Waals surface area contributed by atoms with Crippen LogP contribution in [0.1, 0.15) is 38.5 Å². The molecule has 0 spiro atoms. The third-order valence-electron chi connectivity index (χ3n) is 6.76. The minimum Gasteiger partial charge on any atom is -0.326 e. The fraction of sp³-hybridized carbons (Fsp3) is 0.250. The van der Waals surface area contributed by atoms with Crippen LogP contribution < -0.4 is 5.32 Å². The lowest BCUT2D eigenvalue weighted by Crippen LogP contribution is -2.18. The molecular weight excluding hydrogens is 659 g/mol. The molecule has 0 aliphatic heterocycles. The van der Waals surface area contributed by atoms with E-state index in [0.717, 1.165) is 6.07 Å². The van der Waals surface area contributed by atoms with E-state index in [2.05, 4.69) is 5.32 Å². The van der Waals surface area contributed by atoms with Crippen LogP contribution in [0.3, 0.4) is 0 Å². The highest BCUT2D eigenvalue weighted by atomic mass is 35.5. The van der Waals surface area contributed by atoms with E-state index in [1.54, 1.807) is 0 Å². The second-order valence-electron chi connectivity index (χ2n) is 9.75. The van der Waals surface area contributed by atoms with Crippen molar-refractivity contribution in [3.05, 3.63) is 99.4 Å². The van der Waals surface area contributed by atoms with Gasteiger partial charge in [-0.3, -0.25) is 14.4 Å². The molecule has 2 atom stereocenters. The van der Waals surface area contributed by atoms with E-state index in [1.807, 2.05) is 0 Å². The first-order valence-electron chi connectivity index (χ1n) is 12.2. The molecule has 234 valence electrons. The van der Waals surface area contributed by atoms with Crippen LogP contribution in [0.15, 0.2) is 42.5 Å². The first kappa shape index (κ1) is 33.2. The van der Waals surface area contributed by atoms with Gasteiger partial charge in [-0.05, 0) is 41.0 Å². The molecule has 16 heteroatoms. The molecule has 0 bridgehead atoms. The Morgan fingerprint density at radius 3 is 2.02 bits per heavy atom. The topological polar surface area (TPSA) is 63.2 Å². The number of carbonyl (C=O) groups excluding carboxylic acids is 3. The third-order valence-corrected chi connectivity index (χ3v) is 7.70. The second kappa shape index (κ2) is 12.0. The van der Waals surface area contributed by atoms with Gasteiger partial charge in [0.2, 0.25) is 11.7 Å². The zero-order chi connectivity index (χ0) is 32.9. The average molecular weight is 674 g/mol. The van der Waals surface area contributed by atoms with Crippen LogP contribution in [0.4, 0.5) is 49.6 Å². The summed E-state index contributed by atoms with van der Waals surface area (Å²) in [7, 11) is 0. The van der Waals surface area contributed by atoms with Gasteiger partial charge >= 0.3 is 6.18 Å². The lowest BCUT2D eigenvalue weighted by Gasteiger charge is -2.11. The normalized spacial score (nSPS) is 17.5. The number of rotatable bonds is 9. The van der Waals surface area contributed by atoms with Gasteiger partial charge in [0.1, 0.15) is 21.8 Å². The molecule has 1 aliphatic rings.